The Labute approximate surface area is 120 Å². The SMILES string of the molecule is CCOc1ccccc1C(=O)N1C(C)CCCC1CN. The summed E-state index contributed by atoms with van der Waals surface area (Å²) < 4.78 is 5.57. The van der Waals surface area contributed by atoms with Crippen LogP contribution in [0.5, 0.6) is 5.75 Å². The van der Waals surface area contributed by atoms with Gasteiger partial charge in [-0.2, -0.15) is 0 Å². The Kier molecular flexibility index (Phi) is 5.01. The molecule has 4 heteroatoms. The summed E-state index contributed by atoms with van der Waals surface area (Å²) in [5, 5.41) is 0. The van der Waals surface area contributed by atoms with E-state index in [1.165, 1.54) is 0 Å². The van der Waals surface area contributed by atoms with Crippen LogP contribution in [0.15, 0.2) is 24.3 Å². The smallest absolute Gasteiger partial charge is 0.258 e. The molecule has 20 heavy (non-hydrogen) atoms. The normalized spacial score (nSPS) is 22.6. The zero-order valence-corrected chi connectivity index (χ0v) is 12.3. The number of amides is 1. The topological polar surface area (TPSA) is 55.6 Å². The van der Waals surface area contributed by atoms with Crippen molar-refractivity contribution in [2.45, 2.75) is 45.2 Å². The minimum Gasteiger partial charge on any atom is -0.493 e. The lowest BCUT2D eigenvalue weighted by Gasteiger charge is -2.40. The van der Waals surface area contributed by atoms with E-state index in [1.54, 1.807) is 0 Å². The number of ether oxygens (including phenoxy) is 1. The van der Waals surface area contributed by atoms with E-state index < -0.39 is 0 Å². The van der Waals surface area contributed by atoms with Gasteiger partial charge in [0, 0.05) is 18.6 Å². The van der Waals surface area contributed by atoms with Crippen LogP contribution in [0.2, 0.25) is 0 Å². The van der Waals surface area contributed by atoms with Crippen molar-refractivity contribution >= 4 is 5.91 Å². The molecule has 0 spiro atoms. The van der Waals surface area contributed by atoms with Gasteiger partial charge < -0.3 is 15.4 Å². The molecule has 0 saturated carbocycles. The molecule has 4 nitrogen and oxygen atoms in total. The molecule has 0 bridgehead atoms. The molecule has 2 rings (SSSR count). The number of nitrogens with zero attached hydrogens (tertiary/aromatic N) is 1. The third-order valence-corrected chi connectivity index (χ3v) is 3.95. The quantitative estimate of drug-likeness (QED) is 0.919. The molecular formula is C16H24N2O2. The summed E-state index contributed by atoms with van der Waals surface area (Å²) in [6.45, 7) is 5.10. The molecule has 1 aliphatic rings. The van der Waals surface area contributed by atoms with Crippen molar-refractivity contribution in [2.24, 2.45) is 5.73 Å². The summed E-state index contributed by atoms with van der Waals surface area (Å²) >= 11 is 0. The highest BCUT2D eigenvalue weighted by Gasteiger charge is 2.32. The predicted molar refractivity (Wildman–Crippen MR) is 79.9 cm³/mol. The monoisotopic (exact) mass is 276 g/mol. The van der Waals surface area contributed by atoms with Gasteiger partial charge in [0.25, 0.3) is 5.91 Å². The van der Waals surface area contributed by atoms with Gasteiger partial charge in [-0.25, -0.2) is 0 Å². The van der Waals surface area contributed by atoms with Gasteiger partial charge in [0.2, 0.25) is 0 Å². The van der Waals surface area contributed by atoms with Gasteiger partial charge in [0.1, 0.15) is 5.75 Å². The highest BCUT2D eigenvalue weighted by atomic mass is 16.5. The highest BCUT2D eigenvalue weighted by Crippen LogP contribution is 2.27. The molecule has 0 radical (unpaired) electrons. The number of nitrogens with two attached hydrogens (primary N) is 1. The van der Waals surface area contributed by atoms with Gasteiger partial charge in [-0.3, -0.25) is 4.79 Å². The molecule has 1 amide bonds. The lowest BCUT2D eigenvalue weighted by atomic mass is 9.95. The average molecular weight is 276 g/mol. The van der Waals surface area contributed by atoms with Gasteiger partial charge in [0.05, 0.1) is 12.2 Å². The molecule has 0 aromatic heterocycles. The summed E-state index contributed by atoms with van der Waals surface area (Å²) in [5.41, 5.74) is 6.48. The van der Waals surface area contributed by atoms with Crippen LogP contribution in [-0.2, 0) is 0 Å². The standard InChI is InChI=1S/C16H24N2O2/c1-3-20-15-10-5-4-9-14(15)16(19)18-12(2)7-6-8-13(18)11-17/h4-5,9-10,12-13H,3,6-8,11,17H2,1-2H3. The number of benzene rings is 1. The third kappa shape index (κ3) is 2.96. The Morgan fingerprint density at radius 3 is 2.85 bits per heavy atom. The summed E-state index contributed by atoms with van der Waals surface area (Å²) in [6.07, 6.45) is 3.17. The summed E-state index contributed by atoms with van der Waals surface area (Å²) in [5.74, 6) is 0.699. The second-order valence-electron chi connectivity index (χ2n) is 5.31. The maximum atomic E-state index is 12.9. The molecule has 1 fully saturated rings. The van der Waals surface area contributed by atoms with Gasteiger partial charge >= 0.3 is 0 Å². The van der Waals surface area contributed by atoms with Gasteiger partial charge in [-0.15, -0.1) is 0 Å². The van der Waals surface area contributed by atoms with Crippen molar-refractivity contribution in [1.82, 2.24) is 4.90 Å². The number of carbonyl (C=O) groups is 1. The molecule has 0 aliphatic carbocycles. The minimum atomic E-state index is 0.0386. The number of hydrogen-bond acceptors (Lipinski definition) is 3. The zero-order valence-electron chi connectivity index (χ0n) is 12.3. The van der Waals surface area contributed by atoms with Gasteiger partial charge in [0.15, 0.2) is 0 Å². The third-order valence-electron chi connectivity index (χ3n) is 3.95. The number of para-hydroxylation sites is 1. The first-order valence-corrected chi connectivity index (χ1v) is 7.43. The van der Waals surface area contributed by atoms with E-state index in [2.05, 4.69) is 6.92 Å². The van der Waals surface area contributed by atoms with Crippen LogP contribution in [0.25, 0.3) is 0 Å². The van der Waals surface area contributed by atoms with Gasteiger partial charge in [-0.1, -0.05) is 12.1 Å². The van der Waals surface area contributed by atoms with Crippen LogP contribution >= 0.6 is 0 Å². The van der Waals surface area contributed by atoms with E-state index in [9.17, 15) is 4.79 Å². The van der Waals surface area contributed by atoms with Crippen LogP contribution in [0, 0.1) is 0 Å². The number of rotatable bonds is 4. The predicted octanol–water partition coefficient (Wildman–Crippen LogP) is 2.43. The molecule has 1 heterocycles. The Morgan fingerprint density at radius 1 is 1.40 bits per heavy atom. The van der Waals surface area contributed by atoms with Crippen molar-refractivity contribution in [3.05, 3.63) is 29.8 Å². The van der Waals surface area contributed by atoms with E-state index in [4.69, 9.17) is 10.5 Å². The molecule has 2 N–H and O–H groups in total. The summed E-state index contributed by atoms with van der Waals surface area (Å²) in [6, 6.07) is 7.83. The van der Waals surface area contributed by atoms with Crippen LogP contribution in [0.3, 0.4) is 0 Å². The Bertz CT molecular complexity index is 462. The summed E-state index contributed by atoms with van der Waals surface area (Å²) in [4.78, 5) is 14.8. The fourth-order valence-corrected chi connectivity index (χ4v) is 2.95. The second-order valence-corrected chi connectivity index (χ2v) is 5.31. The van der Waals surface area contributed by atoms with Crippen LogP contribution in [0.4, 0.5) is 0 Å². The first-order chi connectivity index (χ1) is 9.69. The Hall–Kier alpha value is -1.55. The first kappa shape index (κ1) is 14.9. The maximum absolute atomic E-state index is 12.9. The highest BCUT2D eigenvalue weighted by molar-refractivity contribution is 5.97. The van der Waals surface area contributed by atoms with Crippen LogP contribution in [-0.4, -0.2) is 36.0 Å². The molecule has 1 saturated heterocycles. The fraction of sp³-hybridized carbons (Fsp3) is 0.562. The van der Waals surface area contributed by atoms with Crippen molar-refractivity contribution in [1.29, 1.82) is 0 Å². The molecule has 110 valence electrons. The Balaban J connectivity index is 2.29. The average Bonchev–Trinajstić information content (AvgIpc) is 2.47. The van der Waals surface area contributed by atoms with Crippen molar-refractivity contribution < 1.29 is 9.53 Å². The van der Waals surface area contributed by atoms with Crippen molar-refractivity contribution in [3.8, 4) is 5.75 Å². The molecular weight excluding hydrogens is 252 g/mol. The van der Waals surface area contributed by atoms with E-state index in [1.807, 2.05) is 36.1 Å². The van der Waals surface area contributed by atoms with Gasteiger partial charge in [-0.05, 0) is 45.2 Å². The van der Waals surface area contributed by atoms with E-state index >= 15 is 0 Å². The zero-order chi connectivity index (χ0) is 14.5. The Morgan fingerprint density at radius 2 is 2.15 bits per heavy atom. The largest absolute Gasteiger partial charge is 0.493 e. The number of piperidine rings is 1. The second kappa shape index (κ2) is 6.75. The minimum absolute atomic E-state index is 0.0386. The van der Waals surface area contributed by atoms with E-state index in [-0.39, 0.29) is 18.0 Å². The molecule has 1 aromatic rings. The van der Waals surface area contributed by atoms with Crippen LogP contribution in [0.1, 0.15) is 43.5 Å². The molecule has 1 aromatic carbocycles. The molecule has 2 atom stereocenters. The lowest BCUT2D eigenvalue weighted by molar-refractivity contribution is 0.0490. The first-order valence-electron chi connectivity index (χ1n) is 7.43. The van der Waals surface area contributed by atoms with Crippen LogP contribution < -0.4 is 10.5 Å². The number of hydrogen-bond donors (Lipinski definition) is 1. The van der Waals surface area contributed by atoms with E-state index in [0.29, 0.717) is 24.5 Å². The maximum Gasteiger partial charge on any atom is 0.258 e. The lowest BCUT2D eigenvalue weighted by Crippen LogP contribution is -2.51. The van der Waals surface area contributed by atoms with Crippen molar-refractivity contribution in [2.75, 3.05) is 13.2 Å². The number of likely N-dealkylation sites (tertiary alicyclic amines) is 1. The fourth-order valence-electron chi connectivity index (χ4n) is 2.95. The molecule has 2 unspecified atom stereocenters. The van der Waals surface area contributed by atoms with E-state index in [0.717, 1.165) is 19.3 Å². The number of carbonyl (C=O) groups excluding carboxylic acids is 1. The summed E-state index contributed by atoms with van der Waals surface area (Å²) in [7, 11) is 0. The van der Waals surface area contributed by atoms with Crippen molar-refractivity contribution in [3.63, 3.8) is 0 Å². The molecule has 1 aliphatic heterocycles.